The highest BCUT2D eigenvalue weighted by atomic mass is 19.4. The van der Waals surface area contributed by atoms with Gasteiger partial charge in [-0.2, -0.15) is 18.2 Å². The molecule has 0 spiro atoms. The Bertz CT molecular complexity index is 1070. The first kappa shape index (κ1) is 20.0. The van der Waals surface area contributed by atoms with Crippen LogP contribution in [0.25, 0.3) is 5.78 Å². The second-order valence-corrected chi connectivity index (χ2v) is 7.00. The fourth-order valence-electron chi connectivity index (χ4n) is 3.46. The fourth-order valence-corrected chi connectivity index (χ4v) is 3.46. The van der Waals surface area contributed by atoms with Gasteiger partial charge < -0.3 is 9.80 Å². The maximum absolute atomic E-state index is 12.9. The molecule has 0 aromatic carbocycles. The van der Waals surface area contributed by atoms with E-state index < -0.39 is 12.0 Å². The smallest absolute Gasteiger partial charge is 0.339 e. The first-order valence-electron chi connectivity index (χ1n) is 9.34. The van der Waals surface area contributed by atoms with Crippen molar-refractivity contribution in [2.75, 3.05) is 31.1 Å². The van der Waals surface area contributed by atoms with Gasteiger partial charge in [0, 0.05) is 55.5 Å². The van der Waals surface area contributed by atoms with E-state index in [2.05, 4.69) is 25.0 Å². The Kier molecular flexibility index (Phi) is 5.00. The van der Waals surface area contributed by atoms with Crippen LogP contribution >= 0.6 is 0 Å². The van der Waals surface area contributed by atoms with Gasteiger partial charge in [0.15, 0.2) is 0 Å². The highest BCUT2D eigenvalue weighted by Gasteiger charge is 2.37. The Morgan fingerprint density at radius 3 is 2.37 bits per heavy atom. The summed E-state index contributed by atoms with van der Waals surface area (Å²) in [6, 6.07) is 1.74. The third-order valence-corrected chi connectivity index (χ3v) is 5.10. The van der Waals surface area contributed by atoms with Crippen LogP contribution in [0.15, 0.2) is 18.5 Å². The van der Waals surface area contributed by atoms with Crippen molar-refractivity contribution in [3.05, 3.63) is 41.2 Å². The van der Waals surface area contributed by atoms with Gasteiger partial charge in [-0.05, 0) is 19.9 Å². The van der Waals surface area contributed by atoms with Crippen molar-refractivity contribution < 1.29 is 18.0 Å². The molecule has 0 saturated carbocycles. The van der Waals surface area contributed by atoms with E-state index in [1.54, 1.807) is 37.2 Å². The number of piperazine rings is 1. The molecule has 158 valence electrons. The number of aryl methyl sites for hydroxylation is 2. The summed E-state index contributed by atoms with van der Waals surface area (Å²) >= 11 is 0. The predicted molar refractivity (Wildman–Crippen MR) is 99.8 cm³/mol. The molecule has 30 heavy (non-hydrogen) atoms. The molecule has 9 nitrogen and oxygen atoms in total. The van der Waals surface area contributed by atoms with Crippen LogP contribution < -0.4 is 4.90 Å². The lowest BCUT2D eigenvalue weighted by atomic mass is 10.1. The lowest BCUT2D eigenvalue weighted by molar-refractivity contribution is -0.144. The SMILES string of the molecule is Cc1nc2nc(C(F)(F)F)nn2c(C)c1CC(=O)N1CCN(c2ncccn2)CC1. The molecule has 4 rings (SSSR count). The number of anilines is 1. The largest absolute Gasteiger partial charge is 0.453 e. The third kappa shape index (κ3) is 3.76. The van der Waals surface area contributed by atoms with E-state index in [1.165, 1.54) is 0 Å². The molecule has 1 amide bonds. The summed E-state index contributed by atoms with van der Waals surface area (Å²) in [5.41, 5.74) is 1.44. The van der Waals surface area contributed by atoms with Gasteiger partial charge in [-0.1, -0.05) is 0 Å². The van der Waals surface area contributed by atoms with Crippen molar-refractivity contribution in [3.63, 3.8) is 0 Å². The fraction of sp³-hybridized carbons (Fsp3) is 0.444. The minimum absolute atomic E-state index is 0.0314. The van der Waals surface area contributed by atoms with Crippen molar-refractivity contribution in [3.8, 4) is 0 Å². The number of alkyl halides is 3. The molecule has 0 aliphatic carbocycles. The van der Waals surface area contributed by atoms with E-state index in [0.717, 1.165) is 4.52 Å². The lowest BCUT2D eigenvalue weighted by Gasteiger charge is -2.34. The summed E-state index contributed by atoms with van der Waals surface area (Å²) < 4.78 is 39.8. The second-order valence-electron chi connectivity index (χ2n) is 7.00. The standard InChI is InChI=1S/C18H19F3N8O/c1-11-13(12(2)29-17(24-11)25-15(26-29)18(19,20)21)10-14(30)27-6-8-28(9-7-27)16-22-4-3-5-23-16/h3-5H,6-10H2,1-2H3. The van der Waals surface area contributed by atoms with Crippen LogP contribution in [0.3, 0.4) is 0 Å². The molecule has 0 radical (unpaired) electrons. The summed E-state index contributed by atoms with van der Waals surface area (Å²) in [4.78, 5) is 32.6. The van der Waals surface area contributed by atoms with E-state index in [4.69, 9.17) is 0 Å². The number of carbonyl (C=O) groups excluding carboxylic acids is 1. The molecule has 4 heterocycles. The molecule has 12 heteroatoms. The molecule has 3 aromatic heterocycles. The molecular weight excluding hydrogens is 401 g/mol. The van der Waals surface area contributed by atoms with E-state index >= 15 is 0 Å². The van der Waals surface area contributed by atoms with Gasteiger partial charge in [0.25, 0.3) is 11.6 Å². The molecule has 1 aliphatic heterocycles. The van der Waals surface area contributed by atoms with Crippen LogP contribution in [0.1, 0.15) is 22.8 Å². The number of nitrogens with zero attached hydrogens (tertiary/aromatic N) is 8. The predicted octanol–water partition coefficient (Wildman–Crippen LogP) is 1.44. The third-order valence-electron chi connectivity index (χ3n) is 5.10. The van der Waals surface area contributed by atoms with Crippen LogP contribution in [-0.4, -0.2) is 66.5 Å². The van der Waals surface area contributed by atoms with Crippen molar-refractivity contribution >= 4 is 17.6 Å². The van der Waals surface area contributed by atoms with E-state index in [-0.39, 0.29) is 18.1 Å². The average molecular weight is 420 g/mol. The zero-order valence-corrected chi connectivity index (χ0v) is 16.4. The Hall–Kier alpha value is -3.31. The van der Waals surface area contributed by atoms with Crippen LogP contribution in [0.4, 0.5) is 19.1 Å². The number of fused-ring (bicyclic) bond motifs is 1. The highest BCUT2D eigenvalue weighted by Crippen LogP contribution is 2.27. The van der Waals surface area contributed by atoms with Crippen LogP contribution in [0.5, 0.6) is 0 Å². The summed E-state index contributed by atoms with van der Waals surface area (Å²) in [7, 11) is 0. The molecule has 0 atom stereocenters. The van der Waals surface area contributed by atoms with E-state index in [0.29, 0.717) is 49.1 Å². The zero-order chi connectivity index (χ0) is 21.5. The lowest BCUT2D eigenvalue weighted by Crippen LogP contribution is -2.49. The maximum Gasteiger partial charge on any atom is 0.453 e. The van der Waals surface area contributed by atoms with Crippen molar-refractivity contribution in [2.45, 2.75) is 26.4 Å². The van der Waals surface area contributed by atoms with E-state index in [9.17, 15) is 18.0 Å². The van der Waals surface area contributed by atoms with Gasteiger partial charge in [-0.3, -0.25) is 4.79 Å². The number of halogens is 3. The van der Waals surface area contributed by atoms with Crippen molar-refractivity contribution in [1.29, 1.82) is 0 Å². The van der Waals surface area contributed by atoms with Crippen LogP contribution in [0, 0.1) is 13.8 Å². The quantitative estimate of drug-likeness (QED) is 0.633. The van der Waals surface area contributed by atoms with Gasteiger partial charge in [-0.15, -0.1) is 5.10 Å². The number of aromatic nitrogens is 6. The zero-order valence-electron chi connectivity index (χ0n) is 16.4. The topological polar surface area (TPSA) is 92.4 Å². The van der Waals surface area contributed by atoms with Crippen molar-refractivity contribution in [1.82, 2.24) is 34.4 Å². The summed E-state index contributed by atoms with van der Waals surface area (Å²) in [6.07, 6.45) is -1.29. The van der Waals surface area contributed by atoms with Gasteiger partial charge in [-0.25, -0.2) is 19.5 Å². The molecule has 0 bridgehead atoms. The average Bonchev–Trinajstić information content (AvgIpc) is 3.16. The normalized spacial score (nSPS) is 15.1. The molecule has 1 fully saturated rings. The first-order valence-corrected chi connectivity index (χ1v) is 9.34. The minimum Gasteiger partial charge on any atom is -0.339 e. The first-order chi connectivity index (χ1) is 14.2. The number of hydrogen-bond acceptors (Lipinski definition) is 7. The molecule has 1 saturated heterocycles. The molecule has 1 aliphatic rings. The number of carbonyl (C=O) groups is 1. The monoisotopic (exact) mass is 420 g/mol. The number of hydrogen-bond donors (Lipinski definition) is 0. The van der Waals surface area contributed by atoms with Gasteiger partial charge in [0.2, 0.25) is 11.9 Å². The molecule has 0 N–H and O–H groups in total. The number of amides is 1. The Morgan fingerprint density at radius 1 is 1.07 bits per heavy atom. The van der Waals surface area contributed by atoms with Crippen LogP contribution in [0.2, 0.25) is 0 Å². The summed E-state index contributed by atoms with van der Waals surface area (Å²) in [5, 5.41) is 3.52. The highest BCUT2D eigenvalue weighted by molar-refractivity contribution is 5.79. The van der Waals surface area contributed by atoms with Gasteiger partial charge in [0.1, 0.15) is 0 Å². The summed E-state index contributed by atoms with van der Waals surface area (Å²) in [6.45, 7) is 5.48. The second kappa shape index (κ2) is 7.50. The Labute approximate surface area is 169 Å². The Balaban J connectivity index is 1.49. The molecular formula is C18H19F3N8O. The Morgan fingerprint density at radius 2 is 1.73 bits per heavy atom. The van der Waals surface area contributed by atoms with Crippen molar-refractivity contribution in [2.24, 2.45) is 0 Å². The van der Waals surface area contributed by atoms with Crippen LogP contribution in [-0.2, 0) is 17.4 Å². The van der Waals surface area contributed by atoms with Gasteiger partial charge in [0.05, 0.1) is 6.42 Å². The molecule has 0 unspecified atom stereocenters. The number of rotatable bonds is 3. The van der Waals surface area contributed by atoms with Gasteiger partial charge >= 0.3 is 6.18 Å². The minimum atomic E-state index is -4.66. The summed E-state index contributed by atoms with van der Waals surface area (Å²) in [5.74, 6) is -0.880. The molecule has 3 aromatic rings. The maximum atomic E-state index is 12.9. The van der Waals surface area contributed by atoms with E-state index in [1.807, 2.05) is 4.90 Å².